The number of ether oxygens (including phenoxy) is 1. The third-order valence-corrected chi connectivity index (χ3v) is 3.44. The van der Waals surface area contributed by atoms with Gasteiger partial charge in [0.05, 0.1) is 30.5 Å². The quantitative estimate of drug-likeness (QED) is 0.479. The first-order chi connectivity index (χ1) is 11.0. The molecule has 2 rings (SSSR count). The van der Waals surface area contributed by atoms with Crippen LogP contribution in [-0.4, -0.2) is 28.9 Å². The van der Waals surface area contributed by atoms with Crippen LogP contribution in [0.4, 0.5) is 13.9 Å². The van der Waals surface area contributed by atoms with E-state index in [1.54, 1.807) is 12.3 Å². The Labute approximate surface area is 134 Å². The van der Waals surface area contributed by atoms with E-state index in [0.717, 1.165) is 18.3 Å². The van der Waals surface area contributed by atoms with E-state index in [-0.39, 0.29) is 6.42 Å². The number of hydrogen-bond acceptors (Lipinski definition) is 7. The SMILES string of the molecule is CCOC(=O)Cc1csc(NN=Cc2c(F)ccc(O)c2F)n1. The Kier molecular flexibility index (Phi) is 5.58. The van der Waals surface area contributed by atoms with Crippen molar-refractivity contribution in [2.75, 3.05) is 12.0 Å². The Bertz CT molecular complexity index is 734. The molecule has 0 aliphatic carbocycles. The van der Waals surface area contributed by atoms with Crippen LogP contribution in [0.25, 0.3) is 0 Å². The van der Waals surface area contributed by atoms with Crippen LogP contribution < -0.4 is 5.43 Å². The van der Waals surface area contributed by atoms with Crippen LogP contribution in [0.1, 0.15) is 18.2 Å². The third kappa shape index (κ3) is 4.46. The lowest BCUT2D eigenvalue weighted by Crippen LogP contribution is -2.07. The molecule has 1 heterocycles. The molecule has 122 valence electrons. The van der Waals surface area contributed by atoms with Gasteiger partial charge >= 0.3 is 5.97 Å². The van der Waals surface area contributed by atoms with Gasteiger partial charge in [0.2, 0.25) is 5.13 Å². The second-order valence-corrected chi connectivity index (χ2v) is 5.15. The number of aromatic hydroxyl groups is 1. The summed E-state index contributed by atoms with van der Waals surface area (Å²) in [5, 5.41) is 14.9. The molecule has 0 radical (unpaired) electrons. The standard InChI is InChI=1S/C14H13F2N3O3S/c1-2-22-12(21)5-8-7-23-14(18-8)19-17-6-9-10(15)3-4-11(20)13(9)16/h3-4,6-7,20H,2,5H2,1H3,(H,18,19). The van der Waals surface area contributed by atoms with Crippen LogP contribution in [0.2, 0.25) is 0 Å². The first-order valence-corrected chi connectivity index (χ1v) is 7.45. The minimum absolute atomic E-state index is 0.0333. The second-order valence-electron chi connectivity index (χ2n) is 4.29. The van der Waals surface area contributed by atoms with Gasteiger partial charge in [0, 0.05) is 5.38 Å². The van der Waals surface area contributed by atoms with Crippen LogP contribution in [-0.2, 0) is 16.0 Å². The Hall–Kier alpha value is -2.55. The molecule has 6 nitrogen and oxygen atoms in total. The van der Waals surface area contributed by atoms with E-state index in [1.165, 1.54) is 11.3 Å². The number of aromatic nitrogens is 1. The van der Waals surface area contributed by atoms with Gasteiger partial charge < -0.3 is 9.84 Å². The number of nitrogens with one attached hydrogen (secondary N) is 1. The molecule has 0 aliphatic heterocycles. The minimum atomic E-state index is -1.10. The molecule has 2 aromatic rings. The summed E-state index contributed by atoms with van der Waals surface area (Å²) in [5.74, 6) is -3.01. The van der Waals surface area contributed by atoms with Crippen molar-refractivity contribution in [1.82, 2.24) is 4.98 Å². The molecular weight excluding hydrogens is 328 g/mol. The third-order valence-electron chi connectivity index (χ3n) is 2.64. The molecule has 0 amide bonds. The number of phenolic OH excluding ortho intramolecular Hbond substituents is 1. The number of rotatable bonds is 6. The smallest absolute Gasteiger partial charge is 0.311 e. The van der Waals surface area contributed by atoms with E-state index in [0.29, 0.717) is 17.4 Å². The van der Waals surface area contributed by atoms with Crippen LogP contribution in [0.3, 0.4) is 0 Å². The summed E-state index contributed by atoms with van der Waals surface area (Å²) in [4.78, 5) is 15.4. The van der Waals surface area contributed by atoms with E-state index in [1.807, 2.05) is 0 Å². The van der Waals surface area contributed by atoms with Crippen LogP contribution in [0.5, 0.6) is 5.75 Å². The van der Waals surface area contributed by atoms with Gasteiger partial charge in [-0.25, -0.2) is 13.8 Å². The van der Waals surface area contributed by atoms with Gasteiger partial charge in [-0.15, -0.1) is 11.3 Å². The molecule has 1 aromatic carbocycles. The van der Waals surface area contributed by atoms with E-state index in [2.05, 4.69) is 15.5 Å². The normalized spacial score (nSPS) is 10.9. The number of hydrazone groups is 1. The first-order valence-electron chi connectivity index (χ1n) is 6.57. The molecule has 0 fully saturated rings. The fourth-order valence-electron chi connectivity index (χ4n) is 1.63. The lowest BCUT2D eigenvalue weighted by atomic mass is 10.2. The molecule has 23 heavy (non-hydrogen) atoms. The van der Waals surface area contributed by atoms with Crippen molar-refractivity contribution >= 4 is 28.7 Å². The van der Waals surface area contributed by atoms with Crippen molar-refractivity contribution in [2.45, 2.75) is 13.3 Å². The highest BCUT2D eigenvalue weighted by molar-refractivity contribution is 7.13. The molecule has 2 N–H and O–H groups in total. The van der Waals surface area contributed by atoms with Crippen molar-refractivity contribution in [2.24, 2.45) is 5.10 Å². The van der Waals surface area contributed by atoms with Crippen molar-refractivity contribution in [3.63, 3.8) is 0 Å². The molecule has 0 atom stereocenters. The first kappa shape index (κ1) is 16.8. The lowest BCUT2D eigenvalue weighted by molar-refractivity contribution is -0.142. The molecule has 0 bridgehead atoms. The van der Waals surface area contributed by atoms with Crippen molar-refractivity contribution in [3.05, 3.63) is 40.4 Å². The van der Waals surface area contributed by atoms with Crippen LogP contribution in [0, 0.1) is 11.6 Å². The van der Waals surface area contributed by atoms with Gasteiger partial charge in [0.25, 0.3) is 0 Å². The van der Waals surface area contributed by atoms with Crippen molar-refractivity contribution in [3.8, 4) is 5.75 Å². The average Bonchev–Trinajstić information content (AvgIpc) is 2.94. The monoisotopic (exact) mass is 341 g/mol. The number of esters is 1. The summed E-state index contributed by atoms with van der Waals surface area (Å²) < 4.78 is 31.8. The summed E-state index contributed by atoms with van der Waals surface area (Å²) in [6.07, 6.45) is 0.933. The highest BCUT2D eigenvalue weighted by Crippen LogP contribution is 2.20. The fraction of sp³-hybridized carbons (Fsp3) is 0.214. The van der Waals surface area contributed by atoms with Gasteiger partial charge in [-0.2, -0.15) is 5.10 Å². The number of anilines is 1. The fourth-order valence-corrected chi connectivity index (χ4v) is 2.29. The average molecular weight is 341 g/mol. The highest BCUT2D eigenvalue weighted by atomic mass is 32.1. The number of carbonyl (C=O) groups excluding carboxylic acids is 1. The number of phenols is 1. The summed E-state index contributed by atoms with van der Waals surface area (Å²) in [5.41, 5.74) is 2.53. The van der Waals surface area contributed by atoms with Gasteiger partial charge in [0.1, 0.15) is 5.82 Å². The van der Waals surface area contributed by atoms with Crippen LogP contribution >= 0.6 is 11.3 Å². The largest absolute Gasteiger partial charge is 0.505 e. The number of hydrogen-bond donors (Lipinski definition) is 2. The predicted octanol–water partition coefficient (Wildman–Crippen LogP) is 2.68. The Balaban J connectivity index is 2.00. The second kappa shape index (κ2) is 7.63. The molecule has 0 spiro atoms. The highest BCUT2D eigenvalue weighted by Gasteiger charge is 2.11. The number of nitrogens with zero attached hydrogens (tertiary/aromatic N) is 2. The Morgan fingerprint density at radius 1 is 1.52 bits per heavy atom. The summed E-state index contributed by atoms with van der Waals surface area (Å²) in [6.45, 7) is 2.00. The summed E-state index contributed by atoms with van der Waals surface area (Å²) in [6, 6.07) is 1.85. The Morgan fingerprint density at radius 2 is 2.30 bits per heavy atom. The van der Waals surface area contributed by atoms with E-state index in [9.17, 15) is 18.7 Å². The summed E-state index contributed by atoms with van der Waals surface area (Å²) >= 11 is 1.18. The molecule has 0 saturated heterocycles. The van der Waals surface area contributed by atoms with Gasteiger partial charge in [0.15, 0.2) is 11.6 Å². The predicted molar refractivity (Wildman–Crippen MR) is 81.7 cm³/mol. The van der Waals surface area contributed by atoms with Gasteiger partial charge in [-0.05, 0) is 19.1 Å². The maximum absolute atomic E-state index is 13.5. The summed E-state index contributed by atoms with van der Waals surface area (Å²) in [7, 11) is 0. The minimum Gasteiger partial charge on any atom is -0.505 e. The van der Waals surface area contributed by atoms with Gasteiger partial charge in [-0.1, -0.05) is 0 Å². The molecule has 0 saturated carbocycles. The Morgan fingerprint density at radius 3 is 3.04 bits per heavy atom. The van der Waals surface area contributed by atoms with Crippen LogP contribution in [0.15, 0.2) is 22.6 Å². The van der Waals surface area contributed by atoms with E-state index < -0.39 is 28.9 Å². The number of benzene rings is 1. The molecule has 9 heteroatoms. The van der Waals surface area contributed by atoms with E-state index in [4.69, 9.17) is 4.74 Å². The number of thiazole rings is 1. The molecule has 0 aliphatic rings. The molecule has 1 aromatic heterocycles. The van der Waals surface area contributed by atoms with Crippen molar-refractivity contribution < 1.29 is 23.4 Å². The molecule has 0 unspecified atom stereocenters. The maximum Gasteiger partial charge on any atom is 0.311 e. The van der Waals surface area contributed by atoms with Crippen molar-refractivity contribution in [1.29, 1.82) is 0 Å². The lowest BCUT2D eigenvalue weighted by Gasteiger charge is -2.01. The maximum atomic E-state index is 13.5. The number of halogens is 2. The van der Waals surface area contributed by atoms with Gasteiger partial charge in [-0.3, -0.25) is 10.2 Å². The zero-order chi connectivity index (χ0) is 16.8. The zero-order valence-electron chi connectivity index (χ0n) is 12.0. The topological polar surface area (TPSA) is 83.8 Å². The number of carbonyl (C=O) groups is 1. The molecular formula is C14H13F2N3O3S. The van der Waals surface area contributed by atoms with E-state index >= 15 is 0 Å². The zero-order valence-corrected chi connectivity index (χ0v) is 12.9.